The molecular formula is C9H8O. The molecule has 2 rings (SSSR count). The minimum atomic E-state index is -0.153. The van der Waals surface area contributed by atoms with Gasteiger partial charge in [-0.1, -0.05) is 30.2 Å². The van der Waals surface area contributed by atoms with Crippen LogP contribution in [0.2, 0.25) is 0 Å². The molecule has 50 valence electrons. The van der Waals surface area contributed by atoms with Crippen molar-refractivity contribution in [2.75, 3.05) is 6.61 Å². The summed E-state index contributed by atoms with van der Waals surface area (Å²) in [6, 6.07) is 8.48. The molecule has 0 aromatic carbocycles. The highest BCUT2D eigenvalue weighted by Crippen LogP contribution is 2.29. The lowest BCUT2D eigenvalue weighted by Gasteiger charge is -2.10. The fraction of sp³-hybridized carbons (Fsp3) is 0.111. The second kappa shape index (κ2) is 3.05. The van der Waals surface area contributed by atoms with E-state index in [0.717, 1.165) is 0 Å². The maximum Gasteiger partial charge on any atom is 0.103 e. The van der Waals surface area contributed by atoms with Crippen molar-refractivity contribution in [1.29, 1.82) is 0 Å². The normalized spacial score (nSPS) is 8.80. The molecule has 1 heteroatoms. The van der Waals surface area contributed by atoms with Gasteiger partial charge in [0, 0.05) is 0 Å². The van der Waals surface area contributed by atoms with Gasteiger partial charge in [0.1, 0.15) is 6.61 Å². The van der Waals surface area contributed by atoms with Crippen molar-refractivity contribution in [1.82, 2.24) is 0 Å². The van der Waals surface area contributed by atoms with E-state index < -0.39 is 0 Å². The van der Waals surface area contributed by atoms with E-state index in [-0.39, 0.29) is 6.61 Å². The van der Waals surface area contributed by atoms with Crippen LogP contribution in [0, 0.1) is 12.3 Å². The van der Waals surface area contributed by atoms with Crippen LogP contribution in [0.3, 0.4) is 0 Å². The summed E-state index contributed by atoms with van der Waals surface area (Å²) in [5, 5.41) is 7.64. The largest absolute Gasteiger partial charge is 0.384 e. The lowest BCUT2D eigenvalue weighted by atomic mass is 9.95. The molecule has 2 aliphatic carbocycles. The topological polar surface area (TPSA) is 20.2 Å². The van der Waals surface area contributed by atoms with Crippen LogP contribution in [0.4, 0.5) is 0 Å². The van der Waals surface area contributed by atoms with Crippen LogP contribution in [0.25, 0.3) is 11.1 Å². The Balaban J connectivity index is 0.000000112. The molecule has 1 nitrogen and oxygen atoms in total. The van der Waals surface area contributed by atoms with Crippen molar-refractivity contribution in [2.24, 2.45) is 0 Å². The first-order valence-electron chi connectivity index (χ1n) is 3.03. The van der Waals surface area contributed by atoms with E-state index >= 15 is 0 Å². The molecule has 0 heterocycles. The number of hydrogen-bond donors (Lipinski definition) is 1. The van der Waals surface area contributed by atoms with Gasteiger partial charge in [-0.05, 0) is 11.1 Å². The Labute approximate surface area is 60.3 Å². The van der Waals surface area contributed by atoms with Crippen molar-refractivity contribution in [3.05, 3.63) is 24.3 Å². The predicted octanol–water partition coefficient (Wildman–Crippen LogP) is 1.28. The van der Waals surface area contributed by atoms with Crippen molar-refractivity contribution < 1.29 is 5.11 Å². The molecule has 0 atom stereocenters. The molecule has 0 aliphatic heterocycles. The van der Waals surface area contributed by atoms with Crippen LogP contribution < -0.4 is 0 Å². The molecule has 0 radical (unpaired) electrons. The van der Waals surface area contributed by atoms with E-state index in [1.165, 1.54) is 11.1 Å². The van der Waals surface area contributed by atoms with Gasteiger partial charge in [0.15, 0.2) is 0 Å². The zero-order valence-corrected chi connectivity index (χ0v) is 5.54. The highest BCUT2D eigenvalue weighted by atomic mass is 16.2. The zero-order chi connectivity index (χ0) is 7.40. The van der Waals surface area contributed by atoms with E-state index in [1.54, 1.807) is 0 Å². The molecule has 0 spiro atoms. The standard InChI is InChI=1S/C6H4.C3H4O/c1-2-6-4-3-5(1)6;1-2-3-4/h1-4H;1,4H,3H2. The minimum Gasteiger partial charge on any atom is -0.384 e. The molecule has 10 heavy (non-hydrogen) atoms. The van der Waals surface area contributed by atoms with Gasteiger partial charge in [0.05, 0.1) is 0 Å². The molecule has 0 aromatic heterocycles. The fourth-order valence-electron chi connectivity index (χ4n) is 0.663. The summed E-state index contributed by atoms with van der Waals surface area (Å²) in [7, 11) is 0. The van der Waals surface area contributed by atoms with Gasteiger partial charge >= 0.3 is 0 Å². The number of fused-ring (bicyclic) bond motifs is 1. The van der Waals surface area contributed by atoms with Gasteiger partial charge in [-0.3, -0.25) is 0 Å². The highest BCUT2D eigenvalue weighted by molar-refractivity contribution is 5.75. The average molecular weight is 132 g/mol. The Kier molecular flexibility index (Phi) is 2.09. The Hall–Kier alpha value is -1.26. The van der Waals surface area contributed by atoms with Crippen LogP contribution >= 0.6 is 0 Å². The molecule has 1 N–H and O–H groups in total. The lowest BCUT2D eigenvalue weighted by molar-refractivity contribution is 0.351. The zero-order valence-electron chi connectivity index (χ0n) is 5.54. The molecule has 0 aromatic rings. The Morgan fingerprint density at radius 1 is 1.20 bits per heavy atom. The first-order valence-corrected chi connectivity index (χ1v) is 3.03. The third kappa shape index (κ3) is 1.18. The third-order valence-electron chi connectivity index (χ3n) is 1.31. The van der Waals surface area contributed by atoms with Gasteiger partial charge < -0.3 is 5.11 Å². The molecule has 0 bridgehead atoms. The summed E-state index contributed by atoms with van der Waals surface area (Å²) in [5.41, 5.74) is 2.85. The second-order valence-corrected chi connectivity index (χ2v) is 1.94. The summed E-state index contributed by atoms with van der Waals surface area (Å²) in [4.78, 5) is 0. The van der Waals surface area contributed by atoms with Gasteiger partial charge in [-0.2, -0.15) is 0 Å². The Bertz CT molecular complexity index is 219. The lowest BCUT2D eigenvalue weighted by Crippen LogP contribution is -1.85. The number of terminal acetylenes is 1. The molecule has 0 saturated heterocycles. The van der Waals surface area contributed by atoms with E-state index in [4.69, 9.17) is 5.11 Å². The molecule has 2 aliphatic rings. The van der Waals surface area contributed by atoms with Gasteiger partial charge in [-0.25, -0.2) is 0 Å². The monoisotopic (exact) mass is 132 g/mol. The molecule has 0 saturated carbocycles. The first-order chi connectivity index (χ1) is 4.88. The summed E-state index contributed by atoms with van der Waals surface area (Å²) in [5.74, 6) is 1.99. The van der Waals surface area contributed by atoms with Crippen LogP contribution in [-0.4, -0.2) is 11.7 Å². The van der Waals surface area contributed by atoms with Crippen LogP contribution in [0.15, 0.2) is 24.3 Å². The van der Waals surface area contributed by atoms with E-state index in [1.807, 2.05) is 5.92 Å². The van der Waals surface area contributed by atoms with Gasteiger partial charge in [0.2, 0.25) is 0 Å². The fourth-order valence-corrected chi connectivity index (χ4v) is 0.663. The maximum absolute atomic E-state index is 7.64. The van der Waals surface area contributed by atoms with Crippen molar-refractivity contribution >= 4 is 0 Å². The number of hydrogen-bond acceptors (Lipinski definition) is 1. The average Bonchev–Trinajstić information content (AvgIpc) is 1.97. The smallest absolute Gasteiger partial charge is 0.103 e. The third-order valence-corrected chi connectivity index (χ3v) is 1.31. The first kappa shape index (κ1) is 6.85. The van der Waals surface area contributed by atoms with Crippen LogP contribution in [0.5, 0.6) is 0 Å². The minimum absolute atomic E-state index is 0.153. The predicted molar refractivity (Wildman–Crippen MR) is 41.4 cm³/mol. The number of aliphatic hydroxyl groups excluding tert-OH is 1. The maximum atomic E-state index is 7.64. The summed E-state index contributed by atoms with van der Waals surface area (Å²) in [6.07, 6.45) is 4.53. The van der Waals surface area contributed by atoms with Crippen molar-refractivity contribution in [3.63, 3.8) is 0 Å². The summed E-state index contributed by atoms with van der Waals surface area (Å²) < 4.78 is 0. The number of rotatable bonds is 0. The molecule has 0 unspecified atom stereocenters. The van der Waals surface area contributed by atoms with E-state index in [9.17, 15) is 0 Å². The number of aliphatic hydroxyl groups is 1. The second-order valence-electron chi connectivity index (χ2n) is 1.94. The van der Waals surface area contributed by atoms with E-state index in [0.29, 0.717) is 0 Å². The molecule has 0 fully saturated rings. The van der Waals surface area contributed by atoms with Crippen molar-refractivity contribution in [2.45, 2.75) is 0 Å². The summed E-state index contributed by atoms with van der Waals surface area (Å²) >= 11 is 0. The quantitative estimate of drug-likeness (QED) is 0.535. The molecule has 0 amide bonds. The highest BCUT2D eigenvalue weighted by Gasteiger charge is 2.03. The van der Waals surface area contributed by atoms with E-state index in [2.05, 4.69) is 30.7 Å². The Morgan fingerprint density at radius 2 is 1.50 bits per heavy atom. The van der Waals surface area contributed by atoms with Gasteiger partial charge in [0.25, 0.3) is 0 Å². The van der Waals surface area contributed by atoms with Gasteiger partial charge in [-0.15, -0.1) is 6.42 Å². The summed E-state index contributed by atoms with van der Waals surface area (Å²) in [6.45, 7) is -0.153. The van der Waals surface area contributed by atoms with Crippen LogP contribution in [-0.2, 0) is 0 Å². The SMILES string of the molecule is C#CCO.c1cc2ccc1-2. The van der Waals surface area contributed by atoms with Crippen LogP contribution in [0.1, 0.15) is 0 Å². The molecular weight excluding hydrogens is 124 g/mol. The Morgan fingerprint density at radius 3 is 1.50 bits per heavy atom. The van der Waals surface area contributed by atoms with Crippen molar-refractivity contribution in [3.8, 4) is 23.5 Å². The number of benzene rings is 1.